The number of rotatable bonds is 4. The smallest absolute Gasteiger partial charge is 0.214 e. The molecule has 2 rings (SSSR count). The molecule has 0 spiro atoms. The molecule has 2 aliphatic rings. The first-order chi connectivity index (χ1) is 7.49. The molecule has 2 atom stereocenters. The van der Waals surface area contributed by atoms with E-state index in [4.69, 9.17) is 0 Å². The number of nitrogens with one attached hydrogen (secondary N) is 1. The molecule has 1 heterocycles. The van der Waals surface area contributed by atoms with Gasteiger partial charge in [0.15, 0.2) is 0 Å². The summed E-state index contributed by atoms with van der Waals surface area (Å²) >= 11 is 0. The summed E-state index contributed by atoms with van der Waals surface area (Å²) in [5.41, 5.74) is 0. The molecule has 2 unspecified atom stereocenters. The molecule has 2 fully saturated rings. The zero-order valence-corrected chi connectivity index (χ0v) is 12.2. The van der Waals surface area contributed by atoms with Crippen LogP contribution in [0.25, 0.3) is 0 Å². The van der Waals surface area contributed by atoms with Crippen molar-refractivity contribution in [3.8, 4) is 0 Å². The van der Waals surface area contributed by atoms with Crippen LogP contribution in [0.2, 0.25) is 0 Å². The lowest BCUT2D eigenvalue weighted by molar-refractivity contribution is 0.244. The molecule has 1 aliphatic carbocycles. The Morgan fingerprint density at radius 2 is 1.94 bits per heavy atom. The number of sulfonamides is 1. The van der Waals surface area contributed by atoms with E-state index in [2.05, 4.69) is 5.32 Å². The summed E-state index contributed by atoms with van der Waals surface area (Å²) in [4.78, 5) is 0. The molecule has 4 nitrogen and oxygen atoms in total. The number of hydrogen-bond acceptors (Lipinski definition) is 3. The number of hydrogen-bond donors (Lipinski definition) is 1. The molecule has 0 aromatic heterocycles. The van der Waals surface area contributed by atoms with Gasteiger partial charge >= 0.3 is 0 Å². The summed E-state index contributed by atoms with van der Waals surface area (Å²) in [5, 5.41) is 3.30. The van der Waals surface area contributed by atoms with Gasteiger partial charge in [0.2, 0.25) is 10.0 Å². The molecule has 0 bridgehead atoms. The van der Waals surface area contributed by atoms with Crippen LogP contribution in [-0.2, 0) is 10.0 Å². The van der Waals surface area contributed by atoms with Crippen molar-refractivity contribution in [1.29, 1.82) is 0 Å². The molecular formula is C11H23ClN2O2S. The first-order valence-electron chi connectivity index (χ1n) is 6.22. The van der Waals surface area contributed by atoms with Gasteiger partial charge in [-0.2, -0.15) is 4.31 Å². The molecule has 0 aromatic carbocycles. The lowest BCUT2D eigenvalue weighted by Crippen LogP contribution is -2.56. The largest absolute Gasteiger partial charge is 0.311 e. The fourth-order valence-corrected chi connectivity index (χ4v) is 4.15. The Kier molecular flexibility index (Phi) is 5.25. The van der Waals surface area contributed by atoms with E-state index >= 15 is 0 Å². The number of halogens is 1. The topological polar surface area (TPSA) is 49.4 Å². The molecule has 17 heavy (non-hydrogen) atoms. The Morgan fingerprint density at radius 1 is 1.29 bits per heavy atom. The fourth-order valence-electron chi connectivity index (χ4n) is 2.22. The molecule has 0 aromatic rings. The Bertz CT molecular complexity index is 343. The van der Waals surface area contributed by atoms with Crippen molar-refractivity contribution in [3.05, 3.63) is 0 Å². The van der Waals surface area contributed by atoms with Crippen LogP contribution in [0.1, 0.15) is 33.1 Å². The van der Waals surface area contributed by atoms with E-state index in [9.17, 15) is 8.42 Å². The highest BCUT2D eigenvalue weighted by Crippen LogP contribution is 2.33. The van der Waals surface area contributed by atoms with Crippen LogP contribution in [0.4, 0.5) is 0 Å². The van der Waals surface area contributed by atoms with Crippen LogP contribution < -0.4 is 5.32 Å². The Morgan fingerprint density at radius 3 is 2.53 bits per heavy atom. The second-order valence-corrected chi connectivity index (χ2v) is 7.32. The molecular weight excluding hydrogens is 260 g/mol. The first kappa shape index (κ1) is 15.2. The molecule has 102 valence electrons. The summed E-state index contributed by atoms with van der Waals surface area (Å²) < 4.78 is 26.0. The monoisotopic (exact) mass is 282 g/mol. The minimum Gasteiger partial charge on any atom is -0.311 e. The van der Waals surface area contributed by atoms with E-state index in [-0.39, 0.29) is 24.5 Å². The van der Waals surface area contributed by atoms with Gasteiger partial charge in [-0.05, 0) is 26.2 Å². The summed E-state index contributed by atoms with van der Waals surface area (Å²) in [6, 6.07) is 0.368. The second-order valence-electron chi connectivity index (χ2n) is 5.28. The van der Waals surface area contributed by atoms with E-state index in [1.807, 2.05) is 13.8 Å². The van der Waals surface area contributed by atoms with Gasteiger partial charge in [0.1, 0.15) is 0 Å². The van der Waals surface area contributed by atoms with Gasteiger partial charge in [-0.3, -0.25) is 0 Å². The summed E-state index contributed by atoms with van der Waals surface area (Å²) in [6.45, 7) is 5.40. The van der Waals surface area contributed by atoms with Crippen molar-refractivity contribution >= 4 is 22.4 Å². The van der Waals surface area contributed by atoms with Crippen LogP contribution >= 0.6 is 12.4 Å². The van der Waals surface area contributed by atoms with Crippen molar-refractivity contribution in [2.75, 3.05) is 18.8 Å². The summed E-state index contributed by atoms with van der Waals surface area (Å²) in [7, 11) is -3.03. The van der Waals surface area contributed by atoms with Crippen molar-refractivity contribution in [2.24, 2.45) is 5.92 Å². The van der Waals surface area contributed by atoms with E-state index in [1.165, 1.54) is 12.8 Å². The second kappa shape index (κ2) is 5.87. The maximum atomic E-state index is 12.2. The van der Waals surface area contributed by atoms with Gasteiger partial charge < -0.3 is 5.32 Å². The average molecular weight is 283 g/mol. The van der Waals surface area contributed by atoms with E-state index < -0.39 is 10.0 Å². The first-order valence-corrected chi connectivity index (χ1v) is 7.83. The molecule has 1 N–H and O–H groups in total. The minimum atomic E-state index is -3.03. The van der Waals surface area contributed by atoms with Gasteiger partial charge in [0, 0.05) is 25.2 Å². The third kappa shape index (κ3) is 4.09. The van der Waals surface area contributed by atoms with Crippen LogP contribution in [0.15, 0.2) is 0 Å². The number of piperazine rings is 1. The zero-order chi connectivity index (χ0) is 11.8. The normalized spacial score (nSPS) is 30.9. The highest BCUT2D eigenvalue weighted by molar-refractivity contribution is 7.89. The van der Waals surface area contributed by atoms with Gasteiger partial charge in [0.25, 0.3) is 0 Å². The molecule has 0 amide bonds. The fraction of sp³-hybridized carbons (Fsp3) is 1.00. The van der Waals surface area contributed by atoms with Gasteiger partial charge in [-0.15, -0.1) is 12.4 Å². The highest BCUT2D eigenvalue weighted by atomic mass is 35.5. The highest BCUT2D eigenvalue weighted by Gasteiger charge is 2.33. The molecule has 1 saturated carbocycles. The SMILES string of the molecule is CC1CN(S(=O)(=O)CCC2CC2)C(C)CN1.Cl. The van der Waals surface area contributed by atoms with Gasteiger partial charge in [-0.1, -0.05) is 12.8 Å². The molecule has 0 radical (unpaired) electrons. The van der Waals surface area contributed by atoms with Gasteiger partial charge in [0.05, 0.1) is 5.75 Å². The van der Waals surface area contributed by atoms with Crippen LogP contribution in [0.5, 0.6) is 0 Å². The van der Waals surface area contributed by atoms with Crippen molar-refractivity contribution in [3.63, 3.8) is 0 Å². The summed E-state index contributed by atoms with van der Waals surface area (Å²) in [5.74, 6) is 1.03. The lowest BCUT2D eigenvalue weighted by atomic mass is 10.2. The van der Waals surface area contributed by atoms with Crippen molar-refractivity contribution in [1.82, 2.24) is 9.62 Å². The maximum Gasteiger partial charge on any atom is 0.214 e. The van der Waals surface area contributed by atoms with E-state index in [0.29, 0.717) is 18.2 Å². The summed E-state index contributed by atoms with van der Waals surface area (Å²) in [6.07, 6.45) is 3.30. The van der Waals surface area contributed by atoms with Crippen LogP contribution in [0.3, 0.4) is 0 Å². The molecule has 6 heteroatoms. The maximum absolute atomic E-state index is 12.2. The quantitative estimate of drug-likeness (QED) is 0.844. The number of nitrogens with zero attached hydrogens (tertiary/aromatic N) is 1. The third-order valence-corrected chi connectivity index (χ3v) is 5.52. The van der Waals surface area contributed by atoms with Crippen molar-refractivity contribution < 1.29 is 8.42 Å². The average Bonchev–Trinajstić information content (AvgIpc) is 3.02. The predicted molar refractivity (Wildman–Crippen MR) is 72.0 cm³/mol. The van der Waals surface area contributed by atoms with Gasteiger partial charge in [-0.25, -0.2) is 8.42 Å². The lowest BCUT2D eigenvalue weighted by Gasteiger charge is -2.36. The molecule has 1 aliphatic heterocycles. The molecule has 1 saturated heterocycles. The van der Waals surface area contributed by atoms with Crippen LogP contribution in [-0.4, -0.2) is 43.6 Å². The Balaban J connectivity index is 0.00000144. The predicted octanol–water partition coefficient (Wildman–Crippen LogP) is 1.22. The third-order valence-electron chi connectivity index (χ3n) is 3.55. The standard InChI is InChI=1S/C11H22N2O2S.ClH/c1-9-8-13(10(2)7-12-9)16(14,15)6-5-11-3-4-11;/h9-12H,3-8H2,1-2H3;1H. The Labute approximate surface area is 111 Å². The Hall–Kier alpha value is 0.160. The van der Waals surface area contributed by atoms with E-state index in [0.717, 1.165) is 13.0 Å². The van der Waals surface area contributed by atoms with E-state index in [1.54, 1.807) is 4.31 Å². The van der Waals surface area contributed by atoms with Crippen molar-refractivity contribution in [2.45, 2.75) is 45.2 Å². The zero-order valence-electron chi connectivity index (χ0n) is 10.6. The minimum absolute atomic E-state index is 0. The van der Waals surface area contributed by atoms with Crippen LogP contribution in [0, 0.1) is 5.92 Å².